The van der Waals surface area contributed by atoms with Crippen molar-refractivity contribution in [2.75, 3.05) is 5.32 Å². The summed E-state index contributed by atoms with van der Waals surface area (Å²) in [6.07, 6.45) is 0. The maximum atomic E-state index is 12.6. The van der Waals surface area contributed by atoms with Gasteiger partial charge < -0.3 is 4.74 Å². The van der Waals surface area contributed by atoms with Gasteiger partial charge in [0.2, 0.25) is 0 Å². The van der Waals surface area contributed by atoms with Crippen LogP contribution in [-0.4, -0.2) is 10.9 Å². The van der Waals surface area contributed by atoms with E-state index in [-0.39, 0.29) is 5.91 Å². The van der Waals surface area contributed by atoms with Crippen LogP contribution in [0.15, 0.2) is 66.7 Å². The highest BCUT2D eigenvalue weighted by Crippen LogP contribution is 2.29. The van der Waals surface area contributed by atoms with E-state index in [0.717, 1.165) is 27.1 Å². The van der Waals surface area contributed by atoms with Crippen LogP contribution in [0.5, 0.6) is 5.75 Å². The van der Waals surface area contributed by atoms with E-state index in [9.17, 15) is 4.79 Å². The smallest absolute Gasteiger partial charge is 0.257 e. The molecule has 1 N–H and O–H groups in total. The third-order valence-corrected chi connectivity index (χ3v) is 5.33. The molecule has 0 bridgehead atoms. The zero-order chi connectivity index (χ0) is 19.5. The third kappa shape index (κ3) is 4.05. The van der Waals surface area contributed by atoms with Crippen LogP contribution in [0.1, 0.15) is 27.0 Å². The van der Waals surface area contributed by atoms with Crippen LogP contribution in [0, 0.1) is 13.8 Å². The molecule has 4 rings (SSSR count). The van der Waals surface area contributed by atoms with Crippen molar-refractivity contribution in [3.63, 3.8) is 0 Å². The van der Waals surface area contributed by atoms with E-state index in [4.69, 9.17) is 4.74 Å². The van der Waals surface area contributed by atoms with Crippen LogP contribution >= 0.6 is 11.3 Å². The molecule has 28 heavy (non-hydrogen) atoms. The van der Waals surface area contributed by atoms with Gasteiger partial charge in [0.15, 0.2) is 5.13 Å². The molecule has 0 aliphatic rings. The Morgan fingerprint density at radius 2 is 1.79 bits per heavy atom. The molecule has 1 amide bonds. The molecule has 140 valence electrons. The minimum absolute atomic E-state index is 0.163. The lowest BCUT2D eigenvalue weighted by atomic mass is 10.1. The Labute approximate surface area is 167 Å². The summed E-state index contributed by atoms with van der Waals surface area (Å²) in [4.78, 5) is 17.1. The average molecular weight is 388 g/mol. The number of nitrogens with one attached hydrogen (secondary N) is 1. The van der Waals surface area contributed by atoms with E-state index >= 15 is 0 Å². The maximum absolute atomic E-state index is 12.6. The first-order valence-electron chi connectivity index (χ1n) is 9.04. The number of nitrogens with zero attached hydrogens (tertiary/aromatic N) is 1. The van der Waals surface area contributed by atoms with E-state index < -0.39 is 0 Å². The second-order valence-electron chi connectivity index (χ2n) is 6.70. The molecule has 0 spiro atoms. The summed E-state index contributed by atoms with van der Waals surface area (Å²) in [7, 11) is 0. The lowest BCUT2D eigenvalue weighted by Gasteiger charge is -2.07. The number of amides is 1. The SMILES string of the molecule is Cc1cc(C)c2nc(NC(=O)c3ccc(COc4ccccc4)cc3)sc2c1. The number of hydrogen-bond acceptors (Lipinski definition) is 4. The third-order valence-electron chi connectivity index (χ3n) is 4.42. The normalized spacial score (nSPS) is 10.8. The lowest BCUT2D eigenvalue weighted by molar-refractivity contribution is 0.102. The molecule has 5 heteroatoms. The summed E-state index contributed by atoms with van der Waals surface area (Å²) in [6.45, 7) is 4.56. The predicted molar refractivity (Wildman–Crippen MR) is 114 cm³/mol. The number of benzene rings is 3. The fourth-order valence-corrected chi connectivity index (χ4v) is 4.07. The van der Waals surface area contributed by atoms with Crippen LogP contribution in [-0.2, 0) is 6.61 Å². The molecule has 4 nitrogen and oxygen atoms in total. The number of thiazole rings is 1. The minimum Gasteiger partial charge on any atom is -0.489 e. The minimum atomic E-state index is -0.163. The first-order chi connectivity index (χ1) is 13.6. The highest BCUT2D eigenvalue weighted by molar-refractivity contribution is 7.22. The number of hydrogen-bond donors (Lipinski definition) is 1. The van der Waals surface area contributed by atoms with Gasteiger partial charge in [-0.15, -0.1) is 0 Å². The summed E-state index contributed by atoms with van der Waals surface area (Å²) in [5.74, 6) is 0.662. The summed E-state index contributed by atoms with van der Waals surface area (Å²) in [5, 5.41) is 3.52. The topological polar surface area (TPSA) is 51.2 Å². The predicted octanol–water partition coefficient (Wildman–Crippen LogP) is 5.74. The molecule has 4 aromatic rings. The molecule has 0 aliphatic heterocycles. The second-order valence-corrected chi connectivity index (χ2v) is 7.73. The molecular formula is C23H20N2O2S. The van der Waals surface area contributed by atoms with Crippen molar-refractivity contribution in [1.29, 1.82) is 0 Å². The number of aromatic nitrogens is 1. The van der Waals surface area contributed by atoms with Gasteiger partial charge in [-0.05, 0) is 60.9 Å². The first kappa shape index (κ1) is 18.2. The number of fused-ring (bicyclic) bond motifs is 1. The maximum Gasteiger partial charge on any atom is 0.257 e. The van der Waals surface area contributed by atoms with Gasteiger partial charge in [0.1, 0.15) is 12.4 Å². The van der Waals surface area contributed by atoms with Gasteiger partial charge >= 0.3 is 0 Å². The van der Waals surface area contributed by atoms with Crippen LogP contribution in [0.4, 0.5) is 5.13 Å². The number of carbonyl (C=O) groups excluding carboxylic acids is 1. The van der Waals surface area contributed by atoms with E-state index in [1.54, 1.807) is 0 Å². The molecule has 1 aromatic heterocycles. The fourth-order valence-electron chi connectivity index (χ4n) is 3.03. The van der Waals surface area contributed by atoms with Gasteiger partial charge in [-0.25, -0.2) is 4.98 Å². The fraction of sp³-hybridized carbons (Fsp3) is 0.130. The quantitative estimate of drug-likeness (QED) is 0.474. The molecule has 0 unspecified atom stereocenters. The number of carbonyl (C=O) groups is 1. The van der Waals surface area contributed by atoms with Gasteiger partial charge in [-0.3, -0.25) is 10.1 Å². The second kappa shape index (κ2) is 7.82. The number of anilines is 1. The van der Waals surface area contributed by atoms with E-state index in [1.165, 1.54) is 16.9 Å². The Hall–Kier alpha value is -3.18. The lowest BCUT2D eigenvalue weighted by Crippen LogP contribution is -2.11. The first-order valence-corrected chi connectivity index (χ1v) is 9.86. The van der Waals surface area contributed by atoms with Gasteiger partial charge in [-0.2, -0.15) is 0 Å². The zero-order valence-electron chi connectivity index (χ0n) is 15.7. The Morgan fingerprint density at radius 3 is 2.54 bits per heavy atom. The van der Waals surface area contributed by atoms with Gasteiger partial charge in [-0.1, -0.05) is 47.7 Å². The highest BCUT2D eigenvalue weighted by Gasteiger charge is 2.11. The number of ether oxygens (including phenoxy) is 1. The number of rotatable bonds is 5. The van der Waals surface area contributed by atoms with Crippen LogP contribution < -0.4 is 10.1 Å². The molecule has 3 aromatic carbocycles. The monoisotopic (exact) mass is 388 g/mol. The van der Waals surface area contributed by atoms with E-state index in [1.807, 2.05) is 61.5 Å². The average Bonchev–Trinajstić information content (AvgIpc) is 3.10. The van der Waals surface area contributed by atoms with Crippen molar-refractivity contribution in [3.8, 4) is 5.75 Å². The van der Waals surface area contributed by atoms with Gasteiger partial charge in [0, 0.05) is 5.56 Å². The van der Waals surface area contributed by atoms with Crippen molar-refractivity contribution < 1.29 is 9.53 Å². The Kier molecular flexibility index (Phi) is 5.08. The highest BCUT2D eigenvalue weighted by atomic mass is 32.1. The molecule has 0 radical (unpaired) electrons. The van der Waals surface area contributed by atoms with Crippen LogP contribution in [0.2, 0.25) is 0 Å². The molecule has 0 saturated heterocycles. The number of aryl methyl sites for hydroxylation is 2. The Bertz CT molecular complexity index is 1120. The van der Waals surface area contributed by atoms with Crippen LogP contribution in [0.3, 0.4) is 0 Å². The summed E-state index contributed by atoms with van der Waals surface area (Å²) >= 11 is 1.49. The zero-order valence-corrected chi connectivity index (χ0v) is 16.5. The molecule has 0 atom stereocenters. The summed E-state index contributed by atoms with van der Waals surface area (Å²) < 4.78 is 6.82. The molecular weight excluding hydrogens is 368 g/mol. The van der Waals surface area contributed by atoms with Crippen molar-refractivity contribution >= 4 is 32.6 Å². The van der Waals surface area contributed by atoms with Gasteiger partial charge in [0.25, 0.3) is 5.91 Å². The van der Waals surface area contributed by atoms with Gasteiger partial charge in [0.05, 0.1) is 10.2 Å². The molecule has 0 saturated carbocycles. The standard InChI is InChI=1S/C23H20N2O2S/c1-15-12-16(2)21-20(13-15)28-23(24-21)25-22(26)18-10-8-17(9-11-18)14-27-19-6-4-3-5-7-19/h3-13H,14H2,1-2H3,(H,24,25,26). The molecule has 0 aliphatic carbocycles. The van der Waals surface area contributed by atoms with Crippen molar-refractivity contribution in [3.05, 3.63) is 89.0 Å². The molecule has 1 heterocycles. The van der Waals surface area contributed by atoms with Crippen molar-refractivity contribution in [2.24, 2.45) is 0 Å². The molecule has 0 fully saturated rings. The van der Waals surface area contributed by atoms with Crippen LogP contribution in [0.25, 0.3) is 10.2 Å². The van der Waals surface area contributed by atoms with E-state index in [0.29, 0.717) is 17.3 Å². The Balaban J connectivity index is 1.43. The largest absolute Gasteiger partial charge is 0.489 e. The van der Waals surface area contributed by atoms with Crippen molar-refractivity contribution in [2.45, 2.75) is 20.5 Å². The van der Waals surface area contributed by atoms with Crippen molar-refractivity contribution in [1.82, 2.24) is 4.98 Å². The summed E-state index contributed by atoms with van der Waals surface area (Å²) in [5.41, 5.74) is 4.86. The summed E-state index contributed by atoms with van der Waals surface area (Å²) in [6, 6.07) is 21.3. The number of para-hydroxylation sites is 1. The van der Waals surface area contributed by atoms with E-state index in [2.05, 4.69) is 29.4 Å². The Morgan fingerprint density at radius 1 is 1.04 bits per heavy atom.